The highest BCUT2D eigenvalue weighted by Gasteiger charge is 2.08. The van der Waals surface area contributed by atoms with E-state index in [2.05, 4.69) is 5.32 Å². The van der Waals surface area contributed by atoms with E-state index in [4.69, 9.17) is 17.3 Å². The summed E-state index contributed by atoms with van der Waals surface area (Å²) in [7, 11) is 0. The summed E-state index contributed by atoms with van der Waals surface area (Å²) in [5.41, 5.74) is 7.77. The normalized spacial score (nSPS) is 10.3. The second-order valence-electron chi connectivity index (χ2n) is 4.24. The molecule has 2 aromatic carbocycles. The number of carbonyl (C=O) groups is 1. The Hall–Kier alpha value is -2.07. The van der Waals surface area contributed by atoms with Gasteiger partial charge in [-0.3, -0.25) is 4.79 Å². The van der Waals surface area contributed by atoms with E-state index in [0.717, 1.165) is 5.56 Å². The molecule has 3 N–H and O–H groups in total. The molecule has 0 aromatic heterocycles. The zero-order valence-electron chi connectivity index (χ0n) is 10.2. The second-order valence-corrected chi connectivity index (χ2v) is 4.68. The van der Waals surface area contributed by atoms with E-state index in [1.54, 1.807) is 18.2 Å². The Bertz CT molecular complexity index is 603. The molecule has 0 unspecified atom stereocenters. The van der Waals surface area contributed by atoms with E-state index < -0.39 is 5.82 Å². The molecule has 0 heterocycles. The average molecular weight is 279 g/mol. The van der Waals surface area contributed by atoms with Gasteiger partial charge in [0.2, 0.25) is 0 Å². The van der Waals surface area contributed by atoms with Gasteiger partial charge in [-0.1, -0.05) is 11.6 Å². The lowest BCUT2D eigenvalue weighted by Crippen LogP contribution is -2.12. The van der Waals surface area contributed by atoms with Crippen LogP contribution in [-0.4, -0.2) is 5.91 Å². The SMILES string of the molecule is Cc1cc(N)cc(C(=O)Nc2cc(F)cc(Cl)c2)c1. The van der Waals surface area contributed by atoms with Crippen LogP contribution < -0.4 is 11.1 Å². The lowest BCUT2D eigenvalue weighted by molar-refractivity contribution is 0.102. The van der Waals surface area contributed by atoms with Crippen molar-refractivity contribution in [2.45, 2.75) is 6.92 Å². The van der Waals surface area contributed by atoms with E-state index >= 15 is 0 Å². The van der Waals surface area contributed by atoms with Crippen molar-refractivity contribution in [1.82, 2.24) is 0 Å². The summed E-state index contributed by atoms with van der Waals surface area (Å²) in [5, 5.41) is 2.80. The zero-order chi connectivity index (χ0) is 14.0. The molecule has 2 aromatic rings. The summed E-state index contributed by atoms with van der Waals surface area (Å²) in [6.45, 7) is 1.84. The maximum Gasteiger partial charge on any atom is 0.255 e. The number of aryl methyl sites for hydroxylation is 1. The van der Waals surface area contributed by atoms with Crippen LogP contribution in [0.3, 0.4) is 0 Å². The maximum absolute atomic E-state index is 13.2. The average Bonchev–Trinajstić information content (AvgIpc) is 2.25. The fourth-order valence-corrected chi connectivity index (χ4v) is 1.99. The maximum atomic E-state index is 13.2. The Kier molecular flexibility index (Phi) is 3.71. The van der Waals surface area contributed by atoms with E-state index in [1.165, 1.54) is 18.2 Å². The van der Waals surface area contributed by atoms with Crippen molar-refractivity contribution >= 4 is 28.9 Å². The fourth-order valence-electron chi connectivity index (χ4n) is 1.77. The molecule has 19 heavy (non-hydrogen) atoms. The largest absolute Gasteiger partial charge is 0.399 e. The first-order valence-electron chi connectivity index (χ1n) is 5.58. The Morgan fingerprint density at radius 2 is 1.95 bits per heavy atom. The van der Waals surface area contributed by atoms with Gasteiger partial charge in [-0.05, 0) is 48.9 Å². The number of benzene rings is 2. The molecule has 0 aliphatic rings. The minimum absolute atomic E-state index is 0.221. The number of amides is 1. The third kappa shape index (κ3) is 3.45. The number of nitrogens with one attached hydrogen (secondary N) is 1. The third-order valence-electron chi connectivity index (χ3n) is 2.48. The van der Waals surface area contributed by atoms with Crippen LogP contribution in [0.2, 0.25) is 5.02 Å². The van der Waals surface area contributed by atoms with Crippen molar-refractivity contribution in [3.63, 3.8) is 0 Å². The molecule has 0 atom stereocenters. The lowest BCUT2D eigenvalue weighted by atomic mass is 10.1. The summed E-state index contributed by atoms with van der Waals surface area (Å²) in [4.78, 5) is 12.0. The zero-order valence-corrected chi connectivity index (χ0v) is 11.0. The molecular weight excluding hydrogens is 267 g/mol. The molecule has 1 amide bonds. The van der Waals surface area contributed by atoms with E-state index in [1.807, 2.05) is 6.92 Å². The Morgan fingerprint density at radius 3 is 2.58 bits per heavy atom. The van der Waals surface area contributed by atoms with Gasteiger partial charge in [0.25, 0.3) is 5.91 Å². The van der Waals surface area contributed by atoms with Gasteiger partial charge in [-0.25, -0.2) is 4.39 Å². The van der Waals surface area contributed by atoms with Gasteiger partial charge >= 0.3 is 0 Å². The van der Waals surface area contributed by atoms with Gasteiger partial charge in [0.05, 0.1) is 0 Å². The highest BCUT2D eigenvalue weighted by atomic mass is 35.5. The highest BCUT2D eigenvalue weighted by molar-refractivity contribution is 6.31. The third-order valence-corrected chi connectivity index (χ3v) is 2.70. The van der Waals surface area contributed by atoms with Crippen molar-refractivity contribution in [2.75, 3.05) is 11.1 Å². The summed E-state index contributed by atoms with van der Waals surface area (Å²) in [6.07, 6.45) is 0. The summed E-state index contributed by atoms with van der Waals surface area (Å²) >= 11 is 5.72. The van der Waals surface area contributed by atoms with Crippen LogP contribution in [0.25, 0.3) is 0 Å². The number of hydrogen-bond acceptors (Lipinski definition) is 2. The van der Waals surface area contributed by atoms with Crippen LogP contribution in [0.1, 0.15) is 15.9 Å². The van der Waals surface area contributed by atoms with Crippen LogP contribution in [0.5, 0.6) is 0 Å². The Labute approximate surface area is 115 Å². The monoisotopic (exact) mass is 278 g/mol. The van der Waals surface area contributed by atoms with Gasteiger partial charge in [0.1, 0.15) is 5.82 Å². The molecular formula is C14H12ClFN2O. The van der Waals surface area contributed by atoms with E-state index in [0.29, 0.717) is 16.9 Å². The van der Waals surface area contributed by atoms with Crippen molar-refractivity contribution in [3.05, 3.63) is 58.4 Å². The van der Waals surface area contributed by atoms with E-state index in [-0.39, 0.29) is 10.9 Å². The predicted molar refractivity (Wildman–Crippen MR) is 75.0 cm³/mol. The lowest BCUT2D eigenvalue weighted by Gasteiger charge is -2.07. The first-order chi connectivity index (χ1) is 8.94. The Balaban J connectivity index is 2.25. The number of rotatable bonds is 2. The molecule has 0 radical (unpaired) electrons. The molecule has 0 saturated carbocycles. The minimum Gasteiger partial charge on any atom is -0.399 e. The molecule has 0 fully saturated rings. The molecule has 0 saturated heterocycles. The van der Waals surface area contributed by atoms with Crippen LogP contribution in [0, 0.1) is 12.7 Å². The van der Waals surface area contributed by atoms with Crippen LogP contribution in [0.4, 0.5) is 15.8 Å². The molecule has 0 bridgehead atoms. The van der Waals surface area contributed by atoms with Gasteiger partial charge in [0.15, 0.2) is 0 Å². The van der Waals surface area contributed by atoms with Gasteiger partial charge < -0.3 is 11.1 Å². The highest BCUT2D eigenvalue weighted by Crippen LogP contribution is 2.19. The van der Waals surface area contributed by atoms with E-state index in [9.17, 15) is 9.18 Å². The van der Waals surface area contributed by atoms with Crippen LogP contribution in [0.15, 0.2) is 36.4 Å². The van der Waals surface area contributed by atoms with Gasteiger partial charge in [-0.2, -0.15) is 0 Å². The number of anilines is 2. The van der Waals surface area contributed by atoms with Crippen molar-refractivity contribution in [3.8, 4) is 0 Å². The Morgan fingerprint density at radius 1 is 1.21 bits per heavy atom. The van der Waals surface area contributed by atoms with Crippen LogP contribution in [-0.2, 0) is 0 Å². The summed E-state index contributed by atoms with van der Waals surface area (Å²) in [5.74, 6) is -0.872. The predicted octanol–water partition coefficient (Wildman–Crippen LogP) is 3.62. The first kappa shape index (κ1) is 13.4. The smallest absolute Gasteiger partial charge is 0.255 e. The number of carbonyl (C=O) groups excluding carboxylic acids is 1. The number of nitrogens with two attached hydrogens (primary N) is 1. The molecule has 0 aliphatic carbocycles. The van der Waals surface area contributed by atoms with Crippen molar-refractivity contribution < 1.29 is 9.18 Å². The summed E-state index contributed by atoms with van der Waals surface area (Å²) in [6, 6.07) is 8.86. The molecule has 0 aliphatic heterocycles. The molecule has 0 spiro atoms. The quantitative estimate of drug-likeness (QED) is 0.824. The fraction of sp³-hybridized carbons (Fsp3) is 0.0714. The first-order valence-corrected chi connectivity index (χ1v) is 5.96. The topological polar surface area (TPSA) is 55.1 Å². The molecule has 98 valence electrons. The molecule has 5 heteroatoms. The molecule has 2 rings (SSSR count). The second kappa shape index (κ2) is 5.28. The van der Waals surface area contributed by atoms with Crippen LogP contribution >= 0.6 is 11.6 Å². The van der Waals surface area contributed by atoms with Crippen molar-refractivity contribution in [2.24, 2.45) is 0 Å². The standard InChI is InChI=1S/C14H12ClFN2O/c1-8-2-9(4-12(17)3-8)14(19)18-13-6-10(15)5-11(16)7-13/h2-7H,17H2,1H3,(H,18,19). The van der Waals surface area contributed by atoms with Gasteiger partial charge in [0, 0.05) is 22.0 Å². The molecule has 3 nitrogen and oxygen atoms in total. The minimum atomic E-state index is -0.508. The number of halogens is 2. The van der Waals surface area contributed by atoms with Gasteiger partial charge in [-0.15, -0.1) is 0 Å². The van der Waals surface area contributed by atoms with Crippen molar-refractivity contribution in [1.29, 1.82) is 0 Å². The number of nitrogen functional groups attached to an aromatic ring is 1. The summed E-state index contributed by atoms with van der Waals surface area (Å²) < 4.78 is 13.2. The number of hydrogen-bond donors (Lipinski definition) is 2.